The third-order valence-corrected chi connectivity index (χ3v) is 5.53. The van der Waals surface area contributed by atoms with Gasteiger partial charge in [0.25, 0.3) is 11.1 Å². The molecule has 0 unspecified atom stereocenters. The standard InChI is InChI=1S/C21H17BrFNO4S/c1-3-8-24-20(25)18(29-21(24)26)11-14-9-16(22)19(17(10-14)27-2)28-12-13-4-6-15(23)7-5-13/h3-7,9-11H,1,8,12H2,2H3/b18-11+. The molecule has 1 aliphatic heterocycles. The second kappa shape index (κ2) is 9.28. The van der Waals surface area contributed by atoms with E-state index in [1.165, 1.54) is 25.3 Å². The summed E-state index contributed by atoms with van der Waals surface area (Å²) in [6.45, 7) is 3.96. The Morgan fingerprint density at radius 3 is 2.62 bits per heavy atom. The number of rotatable bonds is 7. The molecular formula is C21H17BrFNO4S. The molecule has 5 nitrogen and oxygen atoms in total. The van der Waals surface area contributed by atoms with Crippen molar-refractivity contribution < 1.29 is 23.5 Å². The number of hydrogen-bond donors (Lipinski definition) is 0. The fourth-order valence-corrected chi connectivity index (χ4v) is 4.06. The maximum Gasteiger partial charge on any atom is 0.293 e. The van der Waals surface area contributed by atoms with E-state index in [0.29, 0.717) is 26.4 Å². The fourth-order valence-electron chi connectivity index (χ4n) is 2.64. The third kappa shape index (κ3) is 4.89. The van der Waals surface area contributed by atoms with Gasteiger partial charge in [0, 0.05) is 6.54 Å². The van der Waals surface area contributed by atoms with Gasteiger partial charge in [0.2, 0.25) is 0 Å². The molecule has 1 heterocycles. The minimum absolute atomic E-state index is 0.172. The highest BCUT2D eigenvalue weighted by atomic mass is 79.9. The monoisotopic (exact) mass is 477 g/mol. The number of benzene rings is 2. The average molecular weight is 478 g/mol. The van der Waals surface area contributed by atoms with Gasteiger partial charge in [-0.05, 0) is 69.2 Å². The van der Waals surface area contributed by atoms with Crippen molar-refractivity contribution in [3.8, 4) is 11.5 Å². The number of carbonyl (C=O) groups excluding carboxylic acids is 2. The average Bonchev–Trinajstić information content (AvgIpc) is 2.96. The van der Waals surface area contributed by atoms with Gasteiger partial charge in [-0.1, -0.05) is 18.2 Å². The summed E-state index contributed by atoms with van der Waals surface area (Å²) in [6.07, 6.45) is 3.14. The van der Waals surface area contributed by atoms with Crippen LogP contribution in [0.4, 0.5) is 9.18 Å². The van der Waals surface area contributed by atoms with Gasteiger partial charge in [-0.3, -0.25) is 14.5 Å². The van der Waals surface area contributed by atoms with Gasteiger partial charge in [0.1, 0.15) is 12.4 Å². The lowest BCUT2D eigenvalue weighted by atomic mass is 10.1. The number of imide groups is 1. The predicted molar refractivity (Wildman–Crippen MR) is 114 cm³/mol. The second-order valence-electron chi connectivity index (χ2n) is 6.03. The molecule has 2 amide bonds. The lowest BCUT2D eigenvalue weighted by Crippen LogP contribution is -2.27. The van der Waals surface area contributed by atoms with E-state index in [4.69, 9.17) is 9.47 Å². The van der Waals surface area contributed by atoms with Gasteiger partial charge in [0.15, 0.2) is 11.5 Å². The van der Waals surface area contributed by atoms with Gasteiger partial charge in [-0.15, -0.1) is 6.58 Å². The Bertz CT molecular complexity index is 991. The minimum atomic E-state index is -0.355. The van der Waals surface area contributed by atoms with Crippen molar-refractivity contribution in [3.63, 3.8) is 0 Å². The molecule has 0 saturated carbocycles. The van der Waals surface area contributed by atoms with Crippen molar-refractivity contribution in [2.75, 3.05) is 13.7 Å². The lowest BCUT2D eigenvalue weighted by Gasteiger charge is -2.14. The molecule has 0 radical (unpaired) electrons. The van der Waals surface area contributed by atoms with Crippen LogP contribution in [0.15, 0.2) is 58.4 Å². The number of ether oxygens (including phenoxy) is 2. The first-order valence-electron chi connectivity index (χ1n) is 8.54. The first-order valence-corrected chi connectivity index (χ1v) is 10.1. The normalized spacial score (nSPS) is 15.1. The summed E-state index contributed by atoms with van der Waals surface area (Å²) < 4.78 is 24.9. The predicted octanol–water partition coefficient (Wildman–Crippen LogP) is 5.40. The molecule has 8 heteroatoms. The first-order chi connectivity index (χ1) is 13.9. The minimum Gasteiger partial charge on any atom is -0.493 e. The van der Waals surface area contributed by atoms with Crippen LogP contribution < -0.4 is 9.47 Å². The molecule has 3 rings (SSSR count). The number of methoxy groups -OCH3 is 1. The largest absolute Gasteiger partial charge is 0.493 e. The van der Waals surface area contributed by atoms with E-state index in [9.17, 15) is 14.0 Å². The maximum atomic E-state index is 13.0. The number of nitrogens with zero attached hydrogens (tertiary/aromatic N) is 1. The van der Waals surface area contributed by atoms with Crippen molar-refractivity contribution in [1.29, 1.82) is 0 Å². The number of halogens is 2. The fraction of sp³-hybridized carbons (Fsp3) is 0.143. The zero-order valence-corrected chi connectivity index (χ0v) is 17.9. The summed E-state index contributed by atoms with van der Waals surface area (Å²) >= 11 is 4.34. The van der Waals surface area contributed by atoms with Crippen molar-refractivity contribution in [2.24, 2.45) is 0 Å². The van der Waals surface area contributed by atoms with Crippen LogP contribution in [-0.4, -0.2) is 29.7 Å². The van der Waals surface area contributed by atoms with Crippen LogP contribution in [-0.2, 0) is 11.4 Å². The molecule has 0 spiro atoms. The smallest absolute Gasteiger partial charge is 0.293 e. The zero-order chi connectivity index (χ0) is 21.0. The number of hydrogen-bond acceptors (Lipinski definition) is 5. The van der Waals surface area contributed by atoms with Crippen LogP contribution in [0, 0.1) is 5.82 Å². The van der Waals surface area contributed by atoms with Crippen LogP contribution >= 0.6 is 27.7 Å². The van der Waals surface area contributed by atoms with E-state index in [0.717, 1.165) is 22.2 Å². The van der Waals surface area contributed by atoms with Gasteiger partial charge in [-0.25, -0.2) is 4.39 Å². The molecule has 2 aromatic rings. The molecule has 2 aromatic carbocycles. The highest BCUT2D eigenvalue weighted by Crippen LogP contribution is 2.39. The summed E-state index contributed by atoms with van der Waals surface area (Å²) in [5.74, 6) is 0.271. The van der Waals surface area contributed by atoms with Crippen molar-refractivity contribution in [2.45, 2.75) is 6.61 Å². The first kappa shape index (κ1) is 21.1. The van der Waals surface area contributed by atoms with E-state index < -0.39 is 0 Å². The molecule has 29 heavy (non-hydrogen) atoms. The van der Waals surface area contributed by atoms with Crippen LogP contribution in [0.5, 0.6) is 11.5 Å². The van der Waals surface area contributed by atoms with Crippen molar-refractivity contribution >= 4 is 44.9 Å². The van der Waals surface area contributed by atoms with Gasteiger partial charge < -0.3 is 9.47 Å². The van der Waals surface area contributed by atoms with E-state index in [-0.39, 0.29) is 30.1 Å². The number of carbonyl (C=O) groups is 2. The number of thioether (sulfide) groups is 1. The zero-order valence-electron chi connectivity index (χ0n) is 15.5. The topological polar surface area (TPSA) is 55.8 Å². The van der Waals surface area contributed by atoms with Crippen LogP contribution in [0.1, 0.15) is 11.1 Å². The Labute approximate surface area is 180 Å². The third-order valence-electron chi connectivity index (χ3n) is 4.03. The molecule has 0 bridgehead atoms. The highest BCUT2D eigenvalue weighted by molar-refractivity contribution is 9.10. The van der Waals surface area contributed by atoms with E-state index in [1.807, 2.05) is 0 Å². The maximum absolute atomic E-state index is 13.0. The Balaban J connectivity index is 1.83. The lowest BCUT2D eigenvalue weighted by molar-refractivity contribution is -0.122. The van der Waals surface area contributed by atoms with Gasteiger partial charge in [0.05, 0.1) is 16.5 Å². The van der Waals surface area contributed by atoms with E-state index in [1.54, 1.807) is 30.3 Å². The highest BCUT2D eigenvalue weighted by Gasteiger charge is 2.34. The molecule has 1 saturated heterocycles. The molecule has 0 aliphatic carbocycles. The molecule has 0 N–H and O–H groups in total. The summed E-state index contributed by atoms with van der Waals surface area (Å²) in [5.41, 5.74) is 1.48. The Kier molecular flexibility index (Phi) is 6.76. The van der Waals surface area contributed by atoms with Gasteiger partial charge in [-0.2, -0.15) is 0 Å². The van der Waals surface area contributed by atoms with Crippen LogP contribution in [0.3, 0.4) is 0 Å². The van der Waals surface area contributed by atoms with Crippen LogP contribution in [0.25, 0.3) is 6.08 Å². The van der Waals surface area contributed by atoms with E-state index in [2.05, 4.69) is 22.5 Å². The molecular weight excluding hydrogens is 461 g/mol. The molecule has 0 atom stereocenters. The quantitative estimate of drug-likeness (QED) is 0.394. The molecule has 150 valence electrons. The number of amides is 2. The summed E-state index contributed by atoms with van der Waals surface area (Å²) in [7, 11) is 1.51. The summed E-state index contributed by atoms with van der Waals surface area (Å²) in [5, 5.41) is -0.327. The van der Waals surface area contributed by atoms with Gasteiger partial charge >= 0.3 is 0 Å². The summed E-state index contributed by atoms with van der Waals surface area (Å²) in [4.78, 5) is 25.8. The Morgan fingerprint density at radius 1 is 1.24 bits per heavy atom. The van der Waals surface area contributed by atoms with E-state index >= 15 is 0 Å². The van der Waals surface area contributed by atoms with Crippen molar-refractivity contribution in [1.82, 2.24) is 4.90 Å². The molecule has 0 aromatic heterocycles. The van der Waals surface area contributed by atoms with Crippen molar-refractivity contribution in [3.05, 3.63) is 75.4 Å². The SMILES string of the molecule is C=CCN1C(=O)S/C(=C/c2cc(Br)c(OCc3ccc(F)cc3)c(OC)c2)C1=O. The summed E-state index contributed by atoms with van der Waals surface area (Å²) in [6, 6.07) is 9.50. The Morgan fingerprint density at radius 2 is 1.97 bits per heavy atom. The molecule has 1 fully saturated rings. The molecule has 1 aliphatic rings. The second-order valence-corrected chi connectivity index (χ2v) is 7.88. The van der Waals surface area contributed by atoms with Crippen LogP contribution in [0.2, 0.25) is 0 Å². The Hall–Kier alpha value is -2.58.